The first-order valence-electron chi connectivity index (χ1n) is 5.04. The molecule has 1 aliphatic carbocycles. The van der Waals surface area contributed by atoms with Crippen molar-refractivity contribution in [3.8, 4) is 0 Å². The van der Waals surface area contributed by atoms with Crippen molar-refractivity contribution in [1.29, 1.82) is 0 Å². The van der Waals surface area contributed by atoms with E-state index in [4.69, 9.17) is 0 Å². The lowest BCUT2D eigenvalue weighted by atomic mass is 9.68. The number of hydrogen-bond acceptors (Lipinski definition) is 1. The van der Waals surface area contributed by atoms with E-state index in [-0.39, 0.29) is 0 Å². The van der Waals surface area contributed by atoms with Gasteiger partial charge in [-0.3, -0.25) is 0 Å². The third kappa shape index (κ3) is 1.76. The zero-order valence-electron chi connectivity index (χ0n) is 8.11. The number of rotatable bonds is 0. The molecule has 1 unspecified atom stereocenters. The first-order valence-corrected chi connectivity index (χ1v) is 5.04. The molecule has 1 N–H and O–H groups in total. The molecule has 0 radical (unpaired) electrons. The summed E-state index contributed by atoms with van der Waals surface area (Å²) in [7, 11) is 0. The van der Waals surface area contributed by atoms with E-state index in [2.05, 4.69) is 12.2 Å². The summed E-state index contributed by atoms with van der Waals surface area (Å²) >= 11 is 0. The van der Waals surface area contributed by atoms with Crippen molar-refractivity contribution in [2.45, 2.75) is 52.5 Å². The highest BCUT2D eigenvalue weighted by Crippen LogP contribution is 2.46. The largest absolute Gasteiger partial charge is 0.314 e. The van der Waals surface area contributed by atoms with Gasteiger partial charge in [-0.15, -0.1) is 0 Å². The van der Waals surface area contributed by atoms with E-state index >= 15 is 0 Å². The van der Waals surface area contributed by atoms with Crippen LogP contribution in [0.3, 0.4) is 0 Å². The maximum Gasteiger partial charge on any atom is 0.00447 e. The maximum absolute atomic E-state index is 3.51. The molecule has 1 heterocycles. The van der Waals surface area contributed by atoms with E-state index in [9.17, 15) is 0 Å². The maximum atomic E-state index is 3.51. The monoisotopic (exact) mass is 155 g/mol. The fourth-order valence-electron chi connectivity index (χ4n) is 2.24. The van der Waals surface area contributed by atoms with Gasteiger partial charge in [0.2, 0.25) is 0 Å². The van der Waals surface area contributed by atoms with Crippen LogP contribution < -0.4 is 5.32 Å². The molecule has 1 saturated heterocycles. The molecule has 0 aromatic heterocycles. The molecule has 0 bridgehead atoms. The topological polar surface area (TPSA) is 12.0 Å². The molecular weight excluding hydrogens is 134 g/mol. The summed E-state index contributed by atoms with van der Waals surface area (Å²) in [6, 6.07) is 0.797. The Bertz CT molecular complexity index is 116. The number of nitrogens with one attached hydrogen (secondary N) is 1. The molecule has 0 aromatic carbocycles. The third-order valence-corrected chi connectivity index (χ3v) is 2.98. The van der Waals surface area contributed by atoms with Gasteiger partial charge < -0.3 is 5.32 Å². The molecule has 2 rings (SSSR count). The van der Waals surface area contributed by atoms with E-state index in [0.717, 1.165) is 11.5 Å². The highest BCUT2D eigenvalue weighted by atomic mass is 15.0. The molecule has 1 spiro atoms. The Morgan fingerprint density at radius 1 is 1.27 bits per heavy atom. The van der Waals surface area contributed by atoms with E-state index in [1.807, 2.05) is 13.8 Å². The van der Waals surface area contributed by atoms with Crippen molar-refractivity contribution in [2.24, 2.45) is 5.41 Å². The van der Waals surface area contributed by atoms with E-state index in [0.29, 0.717) is 0 Å². The summed E-state index contributed by atoms with van der Waals surface area (Å²) in [5.74, 6) is 0. The first-order chi connectivity index (χ1) is 5.31. The van der Waals surface area contributed by atoms with Gasteiger partial charge in [-0.2, -0.15) is 0 Å². The molecule has 11 heavy (non-hydrogen) atoms. The van der Waals surface area contributed by atoms with Gasteiger partial charge in [0.05, 0.1) is 0 Å². The van der Waals surface area contributed by atoms with Crippen molar-refractivity contribution in [2.75, 3.05) is 6.54 Å². The van der Waals surface area contributed by atoms with Crippen LogP contribution in [0.15, 0.2) is 0 Å². The van der Waals surface area contributed by atoms with Crippen LogP contribution in [-0.4, -0.2) is 12.6 Å². The minimum atomic E-state index is 0.777. The second-order valence-corrected chi connectivity index (χ2v) is 3.84. The molecule has 0 amide bonds. The van der Waals surface area contributed by atoms with Crippen LogP contribution in [-0.2, 0) is 0 Å². The van der Waals surface area contributed by atoms with Gasteiger partial charge in [-0.25, -0.2) is 0 Å². The van der Waals surface area contributed by atoms with Gasteiger partial charge in [0.15, 0.2) is 0 Å². The first kappa shape index (κ1) is 9.05. The normalized spacial score (nSPS) is 32.5. The van der Waals surface area contributed by atoms with Crippen molar-refractivity contribution < 1.29 is 0 Å². The summed E-state index contributed by atoms with van der Waals surface area (Å²) in [4.78, 5) is 0. The Kier molecular flexibility index (Phi) is 2.94. The standard InChI is InChI=1S/C8H15N.C2H6/c1-7-5-8(6-9-7)3-2-4-8;1-2/h7,9H,2-6H2,1H3;1-2H3. The predicted molar refractivity (Wildman–Crippen MR) is 49.7 cm³/mol. The quantitative estimate of drug-likeness (QED) is 0.567. The lowest BCUT2D eigenvalue weighted by Crippen LogP contribution is -2.31. The molecular formula is C10H21N. The minimum absolute atomic E-state index is 0.777. The minimum Gasteiger partial charge on any atom is -0.314 e. The average Bonchev–Trinajstić information content (AvgIpc) is 2.35. The second kappa shape index (κ2) is 3.57. The summed E-state index contributed by atoms with van der Waals surface area (Å²) in [5, 5.41) is 3.51. The summed E-state index contributed by atoms with van der Waals surface area (Å²) in [6.45, 7) is 7.60. The fraction of sp³-hybridized carbons (Fsp3) is 1.00. The molecule has 2 fully saturated rings. The smallest absolute Gasteiger partial charge is 0.00447 e. The molecule has 2 aliphatic rings. The Morgan fingerprint density at radius 2 is 1.91 bits per heavy atom. The van der Waals surface area contributed by atoms with Crippen LogP contribution in [0.4, 0.5) is 0 Å². The van der Waals surface area contributed by atoms with Crippen LogP contribution in [0.2, 0.25) is 0 Å². The Labute approximate surface area is 70.6 Å². The van der Waals surface area contributed by atoms with Crippen LogP contribution >= 0.6 is 0 Å². The molecule has 1 aliphatic heterocycles. The van der Waals surface area contributed by atoms with Crippen LogP contribution in [0, 0.1) is 5.41 Å². The van der Waals surface area contributed by atoms with E-state index < -0.39 is 0 Å². The van der Waals surface area contributed by atoms with Crippen LogP contribution in [0.1, 0.15) is 46.5 Å². The Hall–Kier alpha value is -0.0400. The van der Waals surface area contributed by atoms with Gasteiger partial charge in [-0.05, 0) is 31.6 Å². The highest BCUT2D eigenvalue weighted by Gasteiger charge is 2.41. The fourth-order valence-corrected chi connectivity index (χ4v) is 2.24. The SMILES string of the molecule is CC.CC1CC2(CCC2)CN1. The lowest BCUT2D eigenvalue weighted by Gasteiger charge is -2.37. The van der Waals surface area contributed by atoms with Gasteiger partial charge in [0.25, 0.3) is 0 Å². The Morgan fingerprint density at radius 3 is 2.09 bits per heavy atom. The molecule has 0 aromatic rings. The third-order valence-electron chi connectivity index (χ3n) is 2.98. The van der Waals surface area contributed by atoms with Crippen molar-refractivity contribution in [3.05, 3.63) is 0 Å². The van der Waals surface area contributed by atoms with Gasteiger partial charge in [0, 0.05) is 12.6 Å². The van der Waals surface area contributed by atoms with Gasteiger partial charge >= 0.3 is 0 Å². The van der Waals surface area contributed by atoms with Crippen molar-refractivity contribution >= 4 is 0 Å². The second-order valence-electron chi connectivity index (χ2n) is 3.84. The van der Waals surface area contributed by atoms with Crippen molar-refractivity contribution in [3.63, 3.8) is 0 Å². The highest BCUT2D eigenvalue weighted by molar-refractivity contribution is 4.97. The van der Waals surface area contributed by atoms with Crippen LogP contribution in [0.5, 0.6) is 0 Å². The van der Waals surface area contributed by atoms with E-state index in [1.54, 1.807) is 0 Å². The summed E-state index contributed by atoms with van der Waals surface area (Å²) < 4.78 is 0. The van der Waals surface area contributed by atoms with Crippen LogP contribution in [0.25, 0.3) is 0 Å². The molecule has 1 heteroatoms. The summed E-state index contributed by atoms with van der Waals surface area (Å²) in [5.41, 5.74) is 0.777. The van der Waals surface area contributed by atoms with Gasteiger partial charge in [-0.1, -0.05) is 20.3 Å². The van der Waals surface area contributed by atoms with Crippen molar-refractivity contribution in [1.82, 2.24) is 5.32 Å². The van der Waals surface area contributed by atoms with Gasteiger partial charge in [0.1, 0.15) is 0 Å². The zero-order valence-corrected chi connectivity index (χ0v) is 8.11. The molecule has 1 atom stereocenters. The molecule has 1 saturated carbocycles. The average molecular weight is 155 g/mol. The lowest BCUT2D eigenvalue weighted by molar-refractivity contribution is 0.159. The molecule has 66 valence electrons. The zero-order chi connectivity index (χ0) is 8.32. The van der Waals surface area contributed by atoms with E-state index in [1.165, 1.54) is 32.2 Å². The summed E-state index contributed by atoms with van der Waals surface area (Å²) in [6.07, 6.45) is 5.90. The molecule has 1 nitrogen and oxygen atoms in total. The number of hydrogen-bond donors (Lipinski definition) is 1. The Balaban J connectivity index is 0.000000281. The predicted octanol–water partition coefficient (Wildman–Crippen LogP) is 2.56.